The van der Waals surface area contributed by atoms with Gasteiger partial charge < -0.3 is 4.42 Å². The van der Waals surface area contributed by atoms with E-state index in [0.717, 1.165) is 4.90 Å². The molecular formula is C15H10N4O5S. The van der Waals surface area contributed by atoms with E-state index < -0.39 is 29.7 Å². The van der Waals surface area contributed by atoms with Crippen LogP contribution >= 0.6 is 12.2 Å². The van der Waals surface area contributed by atoms with Gasteiger partial charge >= 0.3 is 0 Å². The molecule has 4 rings (SSSR count). The second-order valence-corrected chi connectivity index (χ2v) is 6.00. The molecule has 1 aromatic heterocycles. The number of nitrogens with zero attached hydrogens (tertiary/aromatic N) is 2. The molecule has 1 fully saturated rings. The maximum Gasteiger partial charge on any atom is 0.284 e. The zero-order valence-electron chi connectivity index (χ0n) is 12.6. The zero-order valence-corrected chi connectivity index (χ0v) is 13.4. The van der Waals surface area contributed by atoms with Crippen molar-refractivity contribution in [3.63, 3.8) is 0 Å². The molecule has 0 aliphatic carbocycles. The van der Waals surface area contributed by atoms with Gasteiger partial charge in [-0.15, -0.1) is 5.10 Å². The molecule has 0 saturated carbocycles. The van der Waals surface area contributed by atoms with Crippen LogP contribution < -0.4 is 5.32 Å². The van der Waals surface area contributed by atoms with Crippen LogP contribution in [0.4, 0.5) is 0 Å². The highest BCUT2D eigenvalue weighted by Gasteiger charge is 2.44. The molecule has 25 heavy (non-hydrogen) atoms. The number of amides is 4. The van der Waals surface area contributed by atoms with Gasteiger partial charge in [-0.1, -0.05) is 0 Å². The zero-order chi connectivity index (χ0) is 17.7. The third kappa shape index (κ3) is 2.38. The Morgan fingerprint density at radius 3 is 2.60 bits per heavy atom. The van der Waals surface area contributed by atoms with Crippen LogP contribution in [0.5, 0.6) is 0 Å². The van der Waals surface area contributed by atoms with Crippen LogP contribution in [0.25, 0.3) is 11.5 Å². The van der Waals surface area contributed by atoms with E-state index in [1.807, 2.05) is 0 Å². The largest absolute Gasteiger partial charge is 0.409 e. The summed E-state index contributed by atoms with van der Waals surface area (Å²) in [6.45, 7) is 0. The van der Waals surface area contributed by atoms with Gasteiger partial charge in [-0.05, 0) is 36.8 Å². The normalized spacial score (nSPS) is 20.0. The van der Waals surface area contributed by atoms with Crippen molar-refractivity contribution in [2.24, 2.45) is 0 Å². The van der Waals surface area contributed by atoms with Gasteiger partial charge in [-0.25, -0.2) is 5.10 Å². The van der Waals surface area contributed by atoms with Crippen molar-refractivity contribution in [2.45, 2.75) is 18.9 Å². The molecule has 126 valence electrons. The molecule has 1 atom stereocenters. The second-order valence-electron chi connectivity index (χ2n) is 5.63. The van der Waals surface area contributed by atoms with Gasteiger partial charge in [-0.2, -0.15) is 0 Å². The quantitative estimate of drug-likeness (QED) is 0.601. The first kappa shape index (κ1) is 15.4. The lowest BCUT2D eigenvalue weighted by molar-refractivity contribution is -0.136. The summed E-state index contributed by atoms with van der Waals surface area (Å²) in [5, 5.41) is 8.50. The highest BCUT2D eigenvalue weighted by Crippen LogP contribution is 2.30. The number of piperidine rings is 1. The molecule has 0 radical (unpaired) electrons. The van der Waals surface area contributed by atoms with Gasteiger partial charge in [0.15, 0.2) is 0 Å². The number of aromatic amines is 1. The van der Waals surface area contributed by atoms with E-state index >= 15 is 0 Å². The van der Waals surface area contributed by atoms with E-state index in [1.165, 1.54) is 12.1 Å². The third-order valence-corrected chi connectivity index (χ3v) is 4.30. The van der Waals surface area contributed by atoms with Gasteiger partial charge in [-0.3, -0.25) is 29.4 Å². The number of nitrogens with one attached hydrogen (secondary N) is 2. The fourth-order valence-corrected chi connectivity index (χ4v) is 3.08. The number of benzene rings is 1. The van der Waals surface area contributed by atoms with Gasteiger partial charge in [0, 0.05) is 12.0 Å². The molecule has 4 amide bonds. The van der Waals surface area contributed by atoms with E-state index in [9.17, 15) is 19.2 Å². The van der Waals surface area contributed by atoms with Gasteiger partial charge in [0.1, 0.15) is 6.04 Å². The Bertz CT molecular complexity index is 1010. The summed E-state index contributed by atoms with van der Waals surface area (Å²) in [5.41, 5.74) is 0.807. The average Bonchev–Trinajstić information content (AvgIpc) is 3.11. The Balaban J connectivity index is 1.71. The number of hydrogen-bond acceptors (Lipinski definition) is 7. The molecule has 3 heterocycles. The van der Waals surface area contributed by atoms with Crippen molar-refractivity contribution in [3.05, 3.63) is 34.2 Å². The van der Waals surface area contributed by atoms with Crippen LogP contribution in [0.2, 0.25) is 0 Å². The SMILES string of the molecule is O=C1CCC(N2C(=O)c3ccc(-c4n[nH]c(=S)o4)cc3C2=O)C(=O)N1. The van der Waals surface area contributed by atoms with Crippen LogP contribution in [0, 0.1) is 4.84 Å². The molecule has 0 bridgehead atoms. The first-order chi connectivity index (χ1) is 12.0. The molecule has 2 aliphatic rings. The van der Waals surface area contributed by atoms with Crippen LogP contribution in [0.1, 0.15) is 33.6 Å². The molecule has 2 aromatic rings. The monoisotopic (exact) mass is 358 g/mol. The highest BCUT2D eigenvalue weighted by atomic mass is 32.1. The van der Waals surface area contributed by atoms with E-state index in [4.69, 9.17) is 16.6 Å². The minimum atomic E-state index is -0.997. The smallest absolute Gasteiger partial charge is 0.284 e. The summed E-state index contributed by atoms with van der Waals surface area (Å²) in [5.74, 6) is -2.04. The number of carbonyl (C=O) groups is 4. The Hall–Kier alpha value is -3.14. The fraction of sp³-hybridized carbons (Fsp3) is 0.200. The molecule has 2 aliphatic heterocycles. The molecule has 2 N–H and O–H groups in total. The van der Waals surface area contributed by atoms with Crippen molar-refractivity contribution in [1.29, 1.82) is 0 Å². The van der Waals surface area contributed by atoms with Crippen LogP contribution in [0.3, 0.4) is 0 Å². The summed E-state index contributed by atoms with van der Waals surface area (Å²) >= 11 is 4.81. The van der Waals surface area contributed by atoms with Gasteiger partial charge in [0.05, 0.1) is 11.1 Å². The van der Waals surface area contributed by atoms with Crippen molar-refractivity contribution < 1.29 is 23.6 Å². The molecule has 10 heteroatoms. The van der Waals surface area contributed by atoms with E-state index in [2.05, 4.69) is 15.5 Å². The fourth-order valence-electron chi connectivity index (χ4n) is 2.96. The predicted octanol–water partition coefficient (Wildman–Crippen LogP) is 0.800. The van der Waals surface area contributed by atoms with E-state index in [0.29, 0.717) is 5.56 Å². The number of carbonyl (C=O) groups excluding carboxylic acids is 4. The topological polar surface area (TPSA) is 125 Å². The first-order valence-corrected chi connectivity index (χ1v) is 7.78. The van der Waals surface area contributed by atoms with Crippen LogP contribution in [-0.2, 0) is 9.59 Å². The Morgan fingerprint density at radius 2 is 1.92 bits per heavy atom. The lowest BCUT2D eigenvalue weighted by atomic mass is 10.0. The number of fused-ring (bicyclic) bond motifs is 1. The summed E-state index contributed by atoms with van der Waals surface area (Å²) in [4.78, 5) is 49.5. The van der Waals surface area contributed by atoms with E-state index in [1.54, 1.807) is 6.07 Å². The van der Waals surface area contributed by atoms with Crippen molar-refractivity contribution >= 4 is 35.8 Å². The van der Waals surface area contributed by atoms with Gasteiger partial charge in [0.25, 0.3) is 16.7 Å². The number of aromatic nitrogens is 2. The number of imide groups is 2. The highest BCUT2D eigenvalue weighted by molar-refractivity contribution is 7.71. The second kappa shape index (κ2) is 5.45. The molecule has 1 aromatic carbocycles. The minimum Gasteiger partial charge on any atom is -0.409 e. The van der Waals surface area contributed by atoms with Gasteiger partial charge in [0.2, 0.25) is 17.7 Å². The maximum atomic E-state index is 12.7. The van der Waals surface area contributed by atoms with Crippen LogP contribution in [-0.4, -0.2) is 44.8 Å². The average molecular weight is 358 g/mol. The number of hydrogen-bond donors (Lipinski definition) is 2. The molecular weight excluding hydrogens is 348 g/mol. The Kier molecular flexibility index (Phi) is 3.35. The standard InChI is InChI=1S/C15H10N4O5S/c20-10-4-3-9(11(21)16-10)19-13(22)7-2-1-6(5-8(7)14(19)23)12-17-18-15(25)24-12/h1-2,5,9H,3-4H2,(H,18,25)(H,16,20,21). The lowest BCUT2D eigenvalue weighted by Crippen LogP contribution is -2.54. The minimum absolute atomic E-state index is 0.0722. The summed E-state index contributed by atoms with van der Waals surface area (Å²) in [7, 11) is 0. The summed E-state index contributed by atoms with van der Waals surface area (Å²) < 4.78 is 5.20. The van der Waals surface area contributed by atoms with Crippen molar-refractivity contribution in [1.82, 2.24) is 20.4 Å². The number of rotatable bonds is 2. The first-order valence-electron chi connectivity index (χ1n) is 7.37. The summed E-state index contributed by atoms with van der Waals surface area (Å²) in [6.07, 6.45) is 0.180. The lowest BCUT2D eigenvalue weighted by Gasteiger charge is -2.27. The Morgan fingerprint density at radius 1 is 1.16 bits per heavy atom. The van der Waals surface area contributed by atoms with Crippen LogP contribution in [0.15, 0.2) is 22.6 Å². The molecule has 1 unspecified atom stereocenters. The predicted molar refractivity (Wildman–Crippen MR) is 83.8 cm³/mol. The molecule has 9 nitrogen and oxygen atoms in total. The van der Waals surface area contributed by atoms with Crippen molar-refractivity contribution in [3.8, 4) is 11.5 Å². The van der Waals surface area contributed by atoms with Crippen molar-refractivity contribution in [2.75, 3.05) is 0 Å². The summed E-state index contributed by atoms with van der Waals surface area (Å²) in [6, 6.07) is 3.52. The maximum absolute atomic E-state index is 12.7. The van der Waals surface area contributed by atoms with E-state index in [-0.39, 0.29) is 34.7 Å². The Labute approximate surface area is 145 Å². The molecule has 0 spiro atoms. The number of H-pyrrole nitrogens is 1. The molecule has 1 saturated heterocycles. The third-order valence-electron chi connectivity index (χ3n) is 4.12.